The molecule has 9 heteroatoms. The molecule has 0 spiro atoms. The Bertz CT molecular complexity index is 1280. The number of ether oxygens (including phenoxy) is 2. The summed E-state index contributed by atoms with van der Waals surface area (Å²) in [5, 5.41) is -0.309. The highest BCUT2D eigenvalue weighted by Gasteiger charge is 2.35. The van der Waals surface area contributed by atoms with Crippen molar-refractivity contribution in [3.63, 3.8) is 0 Å². The van der Waals surface area contributed by atoms with Crippen LogP contribution in [0.1, 0.15) is 16.7 Å². The summed E-state index contributed by atoms with van der Waals surface area (Å²) in [6, 6.07) is 17.3. The van der Waals surface area contributed by atoms with Gasteiger partial charge in [0.1, 0.15) is 12.4 Å². The highest BCUT2D eigenvalue weighted by molar-refractivity contribution is 14.1. The smallest absolute Gasteiger partial charge is 0.293 e. The summed E-state index contributed by atoms with van der Waals surface area (Å²) in [4.78, 5) is 27.0. The van der Waals surface area contributed by atoms with Crippen LogP contribution in [0.3, 0.4) is 0 Å². The molecule has 34 heavy (non-hydrogen) atoms. The van der Waals surface area contributed by atoms with Crippen LogP contribution in [0.15, 0.2) is 70.0 Å². The van der Waals surface area contributed by atoms with E-state index in [0.717, 1.165) is 25.4 Å². The Morgan fingerprint density at radius 1 is 1.09 bits per heavy atom. The summed E-state index contributed by atoms with van der Waals surface area (Å²) < 4.78 is 26.5. The van der Waals surface area contributed by atoms with Crippen LogP contribution >= 0.6 is 50.3 Å². The molecule has 174 valence electrons. The zero-order chi connectivity index (χ0) is 24.2. The van der Waals surface area contributed by atoms with Crippen LogP contribution in [0.5, 0.6) is 11.5 Å². The molecular weight excluding hydrogens is 636 g/mol. The fourth-order valence-corrected chi connectivity index (χ4v) is 5.19. The molecule has 1 aliphatic heterocycles. The number of rotatable bonds is 7. The first kappa shape index (κ1) is 24.7. The lowest BCUT2D eigenvalue weighted by atomic mass is 10.1. The molecule has 0 radical (unpaired) electrons. The van der Waals surface area contributed by atoms with Crippen molar-refractivity contribution < 1.29 is 23.5 Å². The maximum absolute atomic E-state index is 13.4. The number of carbonyl (C=O) groups excluding carboxylic acids is 2. The third kappa shape index (κ3) is 5.81. The molecule has 1 heterocycles. The van der Waals surface area contributed by atoms with Gasteiger partial charge in [0.15, 0.2) is 11.5 Å². The van der Waals surface area contributed by atoms with Crippen LogP contribution in [-0.4, -0.2) is 23.2 Å². The number of halogens is 3. The maximum atomic E-state index is 13.4. The molecule has 0 aromatic heterocycles. The highest BCUT2D eigenvalue weighted by atomic mass is 127. The summed E-state index contributed by atoms with van der Waals surface area (Å²) >= 11 is 6.41. The van der Waals surface area contributed by atoms with Gasteiger partial charge in [0.2, 0.25) is 0 Å². The fourth-order valence-electron chi connectivity index (χ4n) is 3.31. The number of imide groups is 1. The fraction of sp³-hybridized carbons (Fsp3) is 0.120. The van der Waals surface area contributed by atoms with Crippen molar-refractivity contribution in [1.29, 1.82) is 0 Å². The number of thioether (sulfide) groups is 1. The van der Waals surface area contributed by atoms with Gasteiger partial charge in [0.25, 0.3) is 11.1 Å². The molecule has 0 saturated carbocycles. The highest BCUT2D eigenvalue weighted by Crippen LogP contribution is 2.38. The van der Waals surface area contributed by atoms with E-state index in [1.807, 2.05) is 30.3 Å². The van der Waals surface area contributed by atoms with Gasteiger partial charge in [-0.2, -0.15) is 0 Å². The molecular formula is C25H18BrFINO4S. The number of hydrogen-bond donors (Lipinski definition) is 0. The number of methoxy groups -OCH3 is 1. The molecule has 0 aliphatic carbocycles. The quantitative estimate of drug-likeness (QED) is 0.203. The van der Waals surface area contributed by atoms with E-state index in [1.165, 1.54) is 24.1 Å². The molecule has 1 fully saturated rings. The first-order valence-corrected chi connectivity index (χ1v) is 12.8. The molecule has 1 saturated heterocycles. The van der Waals surface area contributed by atoms with E-state index in [-0.39, 0.29) is 30.1 Å². The molecule has 2 amide bonds. The van der Waals surface area contributed by atoms with Crippen LogP contribution in [0, 0.1) is 9.39 Å². The summed E-state index contributed by atoms with van der Waals surface area (Å²) in [5.41, 5.74) is 2.26. The Labute approximate surface area is 222 Å². The van der Waals surface area contributed by atoms with Crippen LogP contribution in [0.2, 0.25) is 0 Å². The van der Waals surface area contributed by atoms with E-state index in [1.54, 1.807) is 24.3 Å². The van der Waals surface area contributed by atoms with Gasteiger partial charge in [-0.1, -0.05) is 40.2 Å². The van der Waals surface area contributed by atoms with E-state index >= 15 is 0 Å². The lowest BCUT2D eigenvalue weighted by Crippen LogP contribution is -2.27. The Morgan fingerprint density at radius 3 is 2.56 bits per heavy atom. The van der Waals surface area contributed by atoms with Gasteiger partial charge >= 0.3 is 0 Å². The van der Waals surface area contributed by atoms with E-state index < -0.39 is 0 Å². The Balaban J connectivity index is 1.53. The second kappa shape index (κ2) is 10.9. The lowest BCUT2D eigenvalue weighted by Gasteiger charge is -2.14. The Hall–Kier alpha value is -2.37. The molecule has 3 aromatic carbocycles. The first-order chi connectivity index (χ1) is 16.3. The SMILES string of the molecule is COc1cc(/C=C2\SC(=O)N(Cc3ccc(Br)cc3)C2=O)cc(I)c1OCc1cccc(F)c1. The predicted molar refractivity (Wildman–Crippen MR) is 142 cm³/mol. The minimum absolute atomic E-state index is 0.179. The van der Waals surface area contributed by atoms with Crippen molar-refractivity contribution in [2.75, 3.05) is 7.11 Å². The number of carbonyl (C=O) groups is 2. The van der Waals surface area contributed by atoms with Gasteiger partial charge in [0, 0.05) is 4.47 Å². The molecule has 0 atom stereocenters. The van der Waals surface area contributed by atoms with Crippen LogP contribution in [-0.2, 0) is 17.9 Å². The van der Waals surface area contributed by atoms with Crippen molar-refractivity contribution in [2.45, 2.75) is 13.2 Å². The molecule has 0 N–H and O–H groups in total. The van der Waals surface area contributed by atoms with E-state index in [0.29, 0.717) is 27.5 Å². The van der Waals surface area contributed by atoms with Gasteiger partial charge < -0.3 is 9.47 Å². The monoisotopic (exact) mass is 653 g/mol. The van der Waals surface area contributed by atoms with Crippen LogP contribution in [0.4, 0.5) is 9.18 Å². The average Bonchev–Trinajstić information content (AvgIpc) is 3.06. The van der Waals surface area contributed by atoms with Gasteiger partial charge in [-0.15, -0.1) is 0 Å². The Morgan fingerprint density at radius 2 is 1.85 bits per heavy atom. The van der Waals surface area contributed by atoms with Gasteiger partial charge in [-0.05, 0) is 93.5 Å². The van der Waals surface area contributed by atoms with Crippen molar-refractivity contribution in [1.82, 2.24) is 4.90 Å². The molecule has 0 unspecified atom stereocenters. The number of benzene rings is 3. The topological polar surface area (TPSA) is 55.8 Å². The zero-order valence-electron chi connectivity index (χ0n) is 17.9. The largest absolute Gasteiger partial charge is 0.493 e. The number of amides is 2. The predicted octanol–water partition coefficient (Wildman–Crippen LogP) is 7.02. The van der Waals surface area contributed by atoms with Crippen molar-refractivity contribution >= 4 is 67.5 Å². The van der Waals surface area contributed by atoms with Gasteiger partial charge in [-0.3, -0.25) is 14.5 Å². The van der Waals surface area contributed by atoms with Crippen LogP contribution in [0.25, 0.3) is 6.08 Å². The third-order valence-electron chi connectivity index (χ3n) is 4.95. The van der Waals surface area contributed by atoms with Crippen molar-refractivity contribution in [2.24, 2.45) is 0 Å². The molecule has 0 bridgehead atoms. The summed E-state index contributed by atoms with van der Waals surface area (Å²) in [6.07, 6.45) is 1.67. The van der Waals surface area contributed by atoms with Crippen molar-refractivity contribution in [3.05, 3.63) is 96.1 Å². The number of nitrogens with zero attached hydrogens (tertiary/aromatic N) is 1. The normalized spacial score (nSPS) is 14.7. The minimum Gasteiger partial charge on any atom is -0.493 e. The third-order valence-corrected chi connectivity index (χ3v) is 7.19. The van der Waals surface area contributed by atoms with Crippen molar-refractivity contribution in [3.8, 4) is 11.5 Å². The van der Waals surface area contributed by atoms with E-state index in [2.05, 4.69) is 38.5 Å². The molecule has 4 rings (SSSR count). The first-order valence-electron chi connectivity index (χ1n) is 10.1. The second-order valence-electron chi connectivity index (χ2n) is 7.35. The maximum Gasteiger partial charge on any atom is 0.293 e. The molecule has 3 aromatic rings. The lowest BCUT2D eigenvalue weighted by molar-refractivity contribution is -0.123. The van der Waals surface area contributed by atoms with E-state index in [9.17, 15) is 14.0 Å². The van der Waals surface area contributed by atoms with E-state index in [4.69, 9.17) is 9.47 Å². The molecule has 1 aliphatic rings. The second-order valence-corrected chi connectivity index (χ2v) is 10.4. The number of hydrogen-bond acceptors (Lipinski definition) is 5. The van der Waals surface area contributed by atoms with Crippen LogP contribution < -0.4 is 9.47 Å². The molecule has 5 nitrogen and oxygen atoms in total. The average molecular weight is 654 g/mol. The zero-order valence-corrected chi connectivity index (χ0v) is 22.4. The van der Waals surface area contributed by atoms with Gasteiger partial charge in [0.05, 0.1) is 22.1 Å². The standard InChI is InChI=1S/C25H18BrFINO4S/c1-32-21-11-17(10-20(28)23(21)33-14-16-3-2-4-19(27)9-16)12-22-24(30)29(25(31)34-22)13-15-5-7-18(26)8-6-15/h2-12H,13-14H2,1H3/b22-12-. The van der Waals surface area contributed by atoms with Gasteiger partial charge in [-0.25, -0.2) is 4.39 Å². The summed E-state index contributed by atoms with van der Waals surface area (Å²) in [6.45, 7) is 0.390. The minimum atomic E-state index is -0.335. The Kier molecular flexibility index (Phi) is 7.95. The summed E-state index contributed by atoms with van der Waals surface area (Å²) in [5.74, 6) is 0.335. The summed E-state index contributed by atoms with van der Waals surface area (Å²) in [7, 11) is 1.52.